The molecule has 11 heavy (non-hydrogen) atoms. The normalized spacial score (nSPS) is 10.2. The molecule has 4 heteroatoms. The summed E-state index contributed by atoms with van der Waals surface area (Å²) in [4.78, 5) is 0. The fourth-order valence-electron chi connectivity index (χ4n) is 0.685. The first-order valence-electron chi connectivity index (χ1n) is 2.84. The Morgan fingerprint density at radius 1 is 1.27 bits per heavy atom. The molecule has 0 bridgehead atoms. The van der Waals surface area contributed by atoms with Gasteiger partial charge >= 0.3 is 0 Å². The highest BCUT2D eigenvalue weighted by atomic mass is 127. The summed E-state index contributed by atoms with van der Waals surface area (Å²) in [5.74, 6) is 0.284. The van der Waals surface area contributed by atoms with Gasteiger partial charge in [-0.15, -0.1) is 11.6 Å². The zero-order valence-electron chi connectivity index (χ0n) is 5.37. The van der Waals surface area contributed by atoms with Gasteiger partial charge in [0.2, 0.25) is 0 Å². The number of halogens is 4. The lowest BCUT2D eigenvalue weighted by atomic mass is 10.2. The number of hydrogen-bond donors (Lipinski definition) is 0. The topological polar surface area (TPSA) is 0 Å². The van der Waals surface area contributed by atoms with Crippen LogP contribution in [-0.2, 0) is 5.88 Å². The summed E-state index contributed by atoms with van der Waals surface area (Å²) in [5.41, 5.74) is 0.960. The van der Waals surface area contributed by atoms with Gasteiger partial charge in [-0.25, -0.2) is 4.39 Å². The van der Waals surface area contributed by atoms with Gasteiger partial charge in [-0.2, -0.15) is 0 Å². The third-order valence-electron chi connectivity index (χ3n) is 1.20. The van der Waals surface area contributed by atoms with Crippen molar-refractivity contribution >= 4 is 56.8 Å². The summed E-state index contributed by atoms with van der Waals surface area (Å²) >= 11 is 9.52. The molecule has 0 unspecified atom stereocenters. The van der Waals surface area contributed by atoms with Crippen LogP contribution in [0.4, 0.5) is 4.39 Å². The average Bonchev–Trinajstić information content (AvgIpc) is 1.99. The number of alkyl halides is 1. The van der Waals surface area contributed by atoms with Crippen LogP contribution in [0.5, 0.6) is 0 Å². The minimum Gasteiger partial charge on any atom is -0.205 e. The molecular formula is C7H4ClFI2. The SMILES string of the molecule is Fc1c(I)cc(CCl)cc1I. The van der Waals surface area contributed by atoms with Crippen LogP contribution in [0.2, 0.25) is 0 Å². The minimum absolute atomic E-state index is 0.153. The van der Waals surface area contributed by atoms with E-state index < -0.39 is 0 Å². The Hall–Kier alpha value is 0.900. The van der Waals surface area contributed by atoms with Crippen LogP contribution in [0.3, 0.4) is 0 Å². The average molecular weight is 396 g/mol. The number of hydrogen-bond acceptors (Lipinski definition) is 0. The van der Waals surface area contributed by atoms with Crippen LogP contribution in [-0.4, -0.2) is 0 Å². The summed E-state index contributed by atoms with van der Waals surface area (Å²) < 4.78 is 14.2. The zero-order chi connectivity index (χ0) is 8.43. The molecular weight excluding hydrogens is 392 g/mol. The maximum atomic E-state index is 13.0. The minimum atomic E-state index is -0.153. The lowest BCUT2D eigenvalue weighted by molar-refractivity contribution is 0.612. The summed E-state index contributed by atoms with van der Waals surface area (Å²) in [7, 11) is 0. The van der Waals surface area contributed by atoms with Gasteiger partial charge in [0, 0.05) is 5.88 Å². The smallest absolute Gasteiger partial charge is 0.149 e. The van der Waals surface area contributed by atoms with Gasteiger partial charge in [-0.3, -0.25) is 0 Å². The lowest BCUT2D eigenvalue weighted by Crippen LogP contribution is -1.89. The van der Waals surface area contributed by atoms with Gasteiger partial charge in [0.15, 0.2) is 0 Å². The van der Waals surface area contributed by atoms with Crippen molar-refractivity contribution in [2.75, 3.05) is 0 Å². The highest BCUT2D eigenvalue weighted by molar-refractivity contribution is 14.1. The molecule has 0 spiro atoms. The van der Waals surface area contributed by atoms with Crippen LogP contribution in [0.15, 0.2) is 12.1 Å². The molecule has 0 saturated heterocycles. The second-order valence-electron chi connectivity index (χ2n) is 2.01. The van der Waals surface area contributed by atoms with Crippen LogP contribution < -0.4 is 0 Å². The van der Waals surface area contributed by atoms with Crippen LogP contribution >= 0.6 is 56.8 Å². The van der Waals surface area contributed by atoms with Crippen LogP contribution in [0.1, 0.15) is 5.56 Å². The van der Waals surface area contributed by atoms with Crippen molar-refractivity contribution in [2.24, 2.45) is 0 Å². The molecule has 1 aromatic rings. The van der Waals surface area contributed by atoms with Crippen molar-refractivity contribution < 1.29 is 4.39 Å². The second-order valence-corrected chi connectivity index (χ2v) is 4.60. The first-order valence-corrected chi connectivity index (χ1v) is 5.53. The Bertz CT molecular complexity index is 252. The molecule has 0 radical (unpaired) electrons. The first-order chi connectivity index (χ1) is 5.15. The van der Waals surface area contributed by atoms with Crippen molar-refractivity contribution in [3.8, 4) is 0 Å². The molecule has 0 nitrogen and oxygen atoms in total. The Balaban J connectivity index is 3.21. The molecule has 0 amide bonds. The molecule has 0 aliphatic carbocycles. The largest absolute Gasteiger partial charge is 0.205 e. The third-order valence-corrected chi connectivity index (χ3v) is 3.08. The molecule has 0 heterocycles. The van der Waals surface area contributed by atoms with E-state index in [1.807, 2.05) is 45.2 Å². The molecule has 0 atom stereocenters. The fourth-order valence-corrected chi connectivity index (χ4v) is 2.74. The van der Waals surface area contributed by atoms with E-state index in [0.29, 0.717) is 13.0 Å². The molecule has 1 rings (SSSR count). The second kappa shape index (κ2) is 4.23. The molecule has 0 fully saturated rings. The van der Waals surface area contributed by atoms with Crippen molar-refractivity contribution in [3.63, 3.8) is 0 Å². The summed E-state index contributed by atoms with van der Waals surface area (Å²) in [6, 6.07) is 3.51. The molecule has 1 aromatic carbocycles. The highest BCUT2D eigenvalue weighted by Crippen LogP contribution is 2.20. The molecule has 0 aromatic heterocycles. The maximum absolute atomic E-state index is 13.0. The highest BCUT2D eigenvalue weighted by Gasteiger charge is 2.05. The molecule has 0 aliphatic heterocycles. The summed E-state index contributed by atoms with van der Waals surface area (Å²) in [6.07, 6.45) is 0. The molecule has 0 aliphatic rings. The Morgan fingerprint density at radius 3 is 2.09 bits per heavy atom. The zero-order valence-corrected chi connectivity index (χ0v) is 10.4. The Kier molecular flexibility index (Phi) is 3.84. The van der Waals surface area contributed by atoms with E-state index >= 15 is 0 Å². The Morgan fingerprint density at radius 2 is 1.73 bits per heavy atom. The van der Waals surface area contributed by atoms with E-state index in [-0.39, 0.29) is 5.82 Å². The third kappa shape index (κ3) is 2.42. The first kappa shape index (κ1) is 9.98. The van der Waals surface area contributed by atoms with Crippen molar-refractivity contribution in [1.82, 2.24) is 0 Å². The number of rotatable bonds is 1. The van der Waals surface area contributed by atoms with Crippen molar-refractivity contribution in [2.45, 2.75) is 5.88 Å². The van der Waals surface area contributed by atoms with E-state index in [1.165, 1.54) is 0 Å². The van der Waals surface area contributed by atoms with Gasteiger partial charge in [-0.05, 0) is 62.9 Å². The van der Waals surface area contributed by atoms with E-state index in [1.54, 1.807) is 12.1 Å². The van der Waals surface area contributed by atoms with Crippen molar-refractivity contribution in [1.29, 1.82) is 0 Å². The summed E-state index contributed by atoms with van der Waals surface area (Å²) in [5, 5.41) is 0. The molecule has 0 saturated carbocycles. The van der Waals surface area contributed by atoms with Gasteiger partial charge in [0.1, 0.15) is 5.82 Å². The maximum Gasteiger partial charge on any atom is 0.149 e. The molecule has 60 valence electrons. The van der Waals surface area contributed by atoms with Gasteiger partial charge < -0.3 is 0 Å². The molecule has 0 N–H and O–H groups in total. The predicted octanol–water partition coefficient (Wildman–Crippen LogP) is 3.77. The van der Waals surface area contributed by atoms with Crippen molar-refractivity contribution in [3.05, 3.63) is 30.7 Å². The predicted molar refractivity (Wildman–Crippen MR) is 61.4 cm³/mol. The Labute approximate surface area is 96.8 Å². The van der Waals surface area contributed by atoms with E-state index in [0.717, 1.165) is 5.56 Å². The van der Waals surface area contributed by atoms with Gasteiger partial charge in [0.25, 0.3) is 0 Å². The van der Waals surface area contributed by atoms with Crippen LogP contribution in [0.25, 0.3) is 0 Å². The van der Waals surface area contributed by atoms with Gasteiger partial charge in [-0.1, -0.05) is 0 Å². The lowest BCUT2D eigenvalue weighted by Gasteiger charge is -2.00. The standard InChI is InChI=1S/C7H4ClFI2/c8-3-4-1-5(10)7(9)6(11)2-4/h1-2H,3H2. The van der Waals surface area contributed by atoms with E-state index in [4.69, 9.17) is 11.6 Å². The van der Waals surface area contributed by atoms with E-state index in [9.17, 15) is 4.39 Å². The fraction of sp³-hybridized carbons (Fsp3) is 0.143. The quantitative estimate of drug-likeness (QED) is 0.385. The number of benzene rings is 1. The monoisotopic (exact) mass is 396 g/mol. The van der Waals surface area contributed by atoms with E-state index in [2.05, 4.69) is 0 Å². The van der Waals surface area contributed by atoms with Crippen LogP contribution in [0, 0.1) is 13.0 Å². The van der Waals surface area contributed by atoms with Gasteiger partial charge in [0.05, 0.1) is 7.14 Å². The summed E-state index contributed by atoms with van der Waals surface area (Å²) in [6.45, 7) is 0.